The lowest BCUT2D eigenvalue weighted by atomic mass is 9.70. The van der Waals surface area contributed by atoms with Crippen LogP contribution in [0.1, 0.15) is 44.8 Å². The van der Waals surface area contributed by atoms with Crippen LogP contribution in [-0.4, -0.2) is 33.6 Å². The minimum Gasteiger partial charge on any atom is -0.375 e. The molecule has 0 spiro atoms. The smallest absolute Gasteiger partial charge is 0.212 e. The quantitative estimate of drug-likeness (QED) is 0.763. The Kier molecular flexibility index (Phi) is 5.25. The molecule has 0 aromatic heterocycles. The summed E-state index contributed by atoms with van der Waals surface area (Å²) in [5.74, 6) is 0.236. The first-order chi connectivity index (χ1) is 12.1. The number of benzene rings is 1. The number of hydrogen-bond acceptors (Lipinski definition) is 4. The summed E-state index contributed by atoms with van der Waals surface area (Å²) < 4.78 is 33.6. The monoisotopic (exact) mass is 399 g/mol. The Balaban J connectivity index is 1.74. The molecule has 5 nitrogen and oxygen atoms in total. The van der Waals surface area contributed by atoms with Gasteiger partial charge in [0, 0.05) is 36.1 Å². The third kappa shape index (κ3) is 3.21. The molecule has 0 aliphatic heterocycles. The summed E-state index contributed by atoms with van der Waals surface area (Å²) in [4.78, 5) is 12.6. The van der Waals surface area contributed by atoms with E-state index in [2.05, 4.69) is 4.72 Å². The molecule has 0 amide bonds. The van der Waals surface area contributed by atoms with Gasteiger partial charge < -0.3 is 4.74 Å². The van der Waals surface area contributed by atoms with E-state index in [0.717, 1.165) is 12.0 Å². The van der Waals surface area contributed by atoms with Crippen molar-refractivity contribution in [1.29, 1.82) is 0 Å². The third-order valence-corrected chi connectivity index (χ3v) is 8.42. The predicted octanol–water partition coefficient (Wildman–Crippen LogP) is 3.34. The fraction of sp³-hybridized carbons (Fsp3) is 0.632. The highest BCUT2D eigenvalue weighted by molar-refractivity contribution is 7.89. The molecule has 2 aliphatic rings. The Morgan fingerprint density at radius 2 is 2.04 bits per heavy atom. The number of hydrogen-bond donors (Lipinski definition) is 1. The molecule has 2 aliphatic carbocycles. The number of ketones is 1. The van der Waals surface area contributed by atoms with Crippen LogP contribution in [0, 0.1) is 16.7 Å². The van der Waals surface area contributed by atoms with Gasteiger partial charge in [-0.1, -0.05) is 43.6 Å². The zero-order valence-electron chi connectivity index (χ0n) is 15.4. The van der Waals surface area contributed by atoms with Crippen molar-refractivity contribution in [2.24, 2.45) is 16.7 Å². The molecule has 0 heterocycles. The van der Waals surface area contributed by atoms with E-state index >= 15 is 0 Å². The molecule has 0 unspecified atom stereocenters. The molecule has 1 aromatic carbocycles. The van der Waals surface area contributed by atoms with E-state index in [1.54, 1.807) is 6.07 Å². The van der Waals surface area contributed by atoms with E-state index in [1.807, 2.05) is 32.0 Å². The molecule has 3 atom stereocenters. The zero-order valence-corrected chi connectivity index (χ0v) is 17.0. The maximum absolute atomic E-state index is 12.8. The van der Waals surface area contributed by atoms with E-state index in [0.29, 0.717) is 23.8 Å². The number of carbonyl (C=O) groups is 1. The molecule has 2 fully saturated rings. The van der Waals surface area contributed by atoms with Gasteiger partial charge in [-0.3, -0.25) is 4.79 Å². The molecule has 26 heavy (non-hydrogen) atoms. The predicted molar refractivity (Wildman–Crippen MR) is 102 cm³/mol. The van der Waals surface area contributed by atoms with Crippen LogP contribution in [0.5, 0.6) is 0 Å². The highest BCUT2D eigenvalue weighted by Crippen LogP contribution is 2.64. The molecule has 0 radical (unpaired) electrons. The SMILES string of the molecule is CO[C@@H](CNS(=O)(=O)C[C@@]12CC[C@@H](CC1=O)C2(C)C)c1ccccc1Cl. The first-order valence-electron chi connectivity index (χ1n) is 8.91. The van der Waals surface area contributed by atoms with Crippen LogP contribution < -0.4 is 4.72 Å². The Bertz CT molecular complexity index is 808. The summed E-state index contributed by atoms with van der Waals surface area (Å²) in [7, 11) is -2.11. The normalized spacial score (nSPS) is 28.5. The van der Waals surface area contributed by atoms with Gasteiger partial charge in [0.05, 0.1) is 11.9 Å². The van der Waals surface area contributed by atoms with Crippen LogP contribution in [0.2, 0.25) is 5.02 Å². The molecule has 0 saturated heterocycles. The fourth-order valence-corrected chi connectivity index (χ4v) is 6.83. The van der Waals surface area contributed by atoms with Crippen LogP contribution in [0.4, 0.5) is 0 Å². The Morgan fingerprint density at radius 3 is 2.58 bits per heavy atom. The highest BCUT2D eigenvalue weighted by Gasteiger charge is 2.65. The number of nitrogens with one attached hydrogen (secondary N) is 1. The van der Waals surface area contributed by atoms with Gasteiger partial charge >= 0.3 is 0 Å². The van der Waals surface area contributed by atoms with E-state index in [-0.39, 0.29) is 23.5 Å². The molecule has 144 valence electrons. The van der Waals surface area contributed by atoms with Gasteiger partial charge in [-0.15, -0.1) is 0 Å². The van der Waals surface area contributed by atoms with Crippen LogP contribution in [0.25, 0.3) is 0 Å². The summed E-state index contributed by atoms with van der Waals surface area (Å²) in [5.41, 5.74) is -0.311. The summed E-state index contributed by atoms with van der Waals surface area (Å²) in [6, 6.07) is 7.20. The third-order valence-electron chi connectivity index (χ3n) is 6.60. The van der Waals surface area contributed by atoms with Crippen LogP contribution in [-0.2, 0) is 19.6 Å². The molecule has 1 N–H and O–H groups in total. The summed E-state index contributed by atoms with van der Waals surface area (Å²) in [5, 5.41) is 0.530. The van der Waals surface area contributed by atoms with E-state index in [1.165, 1.54) is 7.11 Å². The molecular formula is C19H26ClNO4S. The standard InChI is InChI=1S/C19H26ClNO4S/c1-18(2)13-8-9-19(18,17(22)10-13)12-26(23,24)21-11-16(25-3)14-6-4-5-7-15(14)20/h4-7,13,16,21H,8-12H2,1-3H3/t13-,16-,19-/m0/s1. The summed E-state index contributed by atoms with van der Waals surface area (Å²) >= 11 is 6.19. The van der Waals surface area contributed by atoms with Gasteiger partial charge in [0.2, 0.25) is 10.0 Å². The molecule has 2 saturated carbocycles. The lowest BCUT2D eigenvalue weighted by Crippen LogP contribution is -2.46. The summed E-state index contributed by atoms with van der Waals surface area (Å²) in [6.07, 6.45) is 1.60. The fourth-order valence-electron chi connectivity index (χ4n) is 4.74. The number of halogens is 1. The van der Waals surface area contributed by atoms with Gasteiger partial charge in [0.15, 0.2) is 0 Å². The van der Waals surface area contributed by atoms with Gasteiger partial charge in [-0.05, 0) is 30.2 Å². The van der Waals surface area contributed by atoms with E-state index < -0.39 is 21.5 Å². The topological polar surface area (TPSA) is 72.5 Å². The summed E-state index contributed by atoms with van der Waals surface area (Å²) in [6.45, 7) is 4.15. The minimum atomic E-state index is -3.63. The first kappa shape index (κ1) is 19.8. The number of Topliss-reactive ketones (excluding diaryl/α,β-unsaturated/α-hetero) is 1. The van der Waals surface area contributed by atoms with Crippen molar-refractivity contribution in [3.05, 3.63) is 34.9 Å². The molecule has 7 heteroatoms. The van der Waals surface area contributed by atoms with E-state index in [4.69, 9.17) is 16.3 Å². The van der Waals surface area contributed by atoms with Crippen molar-refractivity contribution in [3.8, 4) is 0 Å². The number of methoxy groups -OCH3 is 1. The average Bonchev–Trinajstić information content (AvgIpc) is 2.90. The van der Waals surface area contributed by atoms with Gasteiger partial charge in [0.25, 0.3) is 0 Å². The van der Waals surface area contributed by atoms with Gasteiger partial charge in [0.1, 0.15) is 5.78 Å². The highest BCUT2D eigenvalue weighted by atomic mass is 35.5. The first-order valence-corrected chi connectivity index (χ1v) is 10.9. The second-order valence-corrected chi connectivity index (χ2v) is 10.2. The Labute approximate surface area is 160 Å². The van der Waals surface area contributed by atoms with Crippen molar-refractivity contribution in [2.45, 2.75) is 39.2 Å². The van der Waals surface area contributed by atoms with Gasteiger partial charge in [-0.25, -0.2) is 13.1 Å². The number of sulfonamides is 1. The van der Waals surface area contributed by atoms with Crippen molar-refractivity contribution >= 4 is 27.4 Å². The number of fused-ring (bicyclic) bond motifs is 2. The van der Waals surface area contributed by atoms with Crippen molar-refractivity contribution < 1.29 is 17.9 Å². The second kappa shape index (κ2) is 6.89. The van der Waals surface area contributed by atoms with Gasteiger partial charge in [-0.2, -0.15) is 0 Å². The molecule has 3 rings (SSSR count). The van der Waals surface area contributed by atoms with Crippen LogP contribution >= 0.6 is 11.6 Å². The Morgan fingerprint density at radius 1 is 1.35 bits per heavy atom. The maximum Gasteiger partial charge on any atom is 0.212 e. The lowest BCUT2D eigenvalue weighted by Gasteiger charge is -2.36. The maximum atomic E-state index is 12.8. The molecule has 2 bridgehead atoms. The van der Waals surface area contributed by atoms with Crippen molar-refractivity contribution in [2.75, 3.05) is 19.4 Å². The number of rotatable bonds is 7. The van der Waals surface area contributed by atoms with Crippen molar-refractivity contribution in [1.82, 2.24) is 4.72 Å². The second-order valence-electron chi connectivity index (χ2n) is 8.02. The number of ether oxygens (including phenoxy) is 1. The molecule has 1 aromatic rings. The Hall–Kier alpha value is -0.950. The minimum absolute atomic E-state index is 0.0801. The number of carbonyl (C=O) groups excluding carboxylic acids is 1. The average molecular weight is 400 g/mol. The van der Waals surface area contributed by atoms with Crippen LogP contribution in [0.15, 0.2) is 24.3 Å². The van der Waals surface area contributed by atoms with Crippen LogP contribution in [0.3, 0.4) is 0 Å². The van der Waals surface area contributed by atoms with Crippen molar-refractivity contribution in [3.63, 3.8) is 0 Å². The largest absolute Gasteiger partial charge is 0.375 e. The molecular weight excluding hydrogens is 374 g/mol. The lowest BCUT2D eigenvalue weighted by molar-refractivity contribution is -0.128. The zero-order chi connectivity index (χ0) is 19.2. The van der Waals surface area contributed by atoms with E-state index in [9.17, 15) is 13.2 Å².